The van der Waals surface area contributed by atoms with Crippen LogP contribution in [0, 0.1) is 0 Å². The van der Waals surface area contributed by atoms with Crippen LogP contribution < -0.4 is 4.90 Å². The number of furan rings is 1. The molecule has 4 aromatic rings. The third-order valence-electron chi connectivity index (χ3n) is 5.16. The van der Waals surface area contributed by atoms with E-state index in [0.29, 0.717) is 11.4 Å². The van der Waals surface area contributed by atoms with Crippen LogP contribution in [0.15, 0.2) is 52.9 Å². The average molecular weight is 361 g/mol. The van der Waals surface area contributed by atoms with Gasteiger partial charge < -0.3 is 14.4 Å². The van der Waals surface area contributed by atoms with E-state index in [-0.39, 0.29) is 5.56 Å². The average Bonchev–Trinajstić information content (AvgIpc) is 3.29. The first-order valence-electron chi connectivity index (χ1n) is 9.20. The highest BCUT2D eigenvalue weighted by molar-refractivity contribution is 5.93. The fourth-order valence-electron chi connectivity index (χ4n) is 3.80. The Hall–Kier alpha value is -3.28. The molecule has 0 atom stereocenters. The number of piperidine rings is 1. The van der Waals surface area contributed by atoms with Gasteiger partial charge in [0.05, 0.1) is 16.6 Å². The number of para-hydroxylation sites is 1. The smallest absolute Gasteiger partial charge is 0.335 e. The Balaban J connectivity index is 1.75. The van der Waals surface area contributed by atoms with Gasteiger partial charge in [-0.1, -0.05) is 18.2 Å². The van der Waals surface area contributed by atoms with Gasteiger partial charge in [0.15, 0.2) is 0 Å². The van der Waals surface area contributed by atoms with E-state index < -0.39 is 5.97 Å². The molecule has 0 unspecified atom stereocenters. The highest BCUT2D eigenvalue weighted by Crippen LogP contribution is 2.32. The molecule has 136 valence electrons. The van der Waals surface area contributed by atoms with Crippen LogP contribution in [0.1, 0.15) is 29.6 Å². The quantitative estimate of drug-likeness (QED) is 0.583. The van der Waals surface area contributed by atoms with E-state index >= 15 is 0 Å². The van der Waals surface area contributed by atoms with Gasteiger partial charge in [-0.05, 0) is 43.5 Å². The zero-order chi connectivity index (χ0) is 18.4. The van der Waals surface area contributed by atoms with Gasteiger partial charge in [0.2, 0.25) is 11.8 Å². The number of hydrogen-bond acceptors (Lipinski definition) is 4. The number of carboxylic acids is 1. The molecule has 0 radical (unpaired) electrons. The second-order valence-electron chi connectivity index (χ2n) is 6.93. The molecule has 2 aromatic heterocycles. The maximum atomic E-state index is 11.4. The third-order valence-corrected chi connectivity index (χ3v) is 5.16. The molecule has 0 amide bonds. The Kier molecular flexibility index (Phi) is 3.63. The zero-order valence-electron chi connectivity index (χ0n) is 14.8. The number of hydrogen-bond donors (Lipinski definition) is 1. The predicted molar refractivity (Wildman–Crippen MR) is 104 cm³/mol. The molecule has 2 aromatic carbocycles. The van der Waals surface area contributed by atoms with Gasteiger partial charge in [-0.2, -0.15) is 0 Å². The van der Waals surface area contributed by atoms with Crippen molar-refractivity contribution in [2.24, 2.45) is 0 Å². The molecule has 1 saturated heterocycles. The van der Waals surface area contributed by atoms with Crippen molar-refractivity contribution < 1.29 is 14.3 Å². The summed E-state index contributed by atoms with van der Waals surface area (Å²) in [4.78, 5) is 18.4. The van der Waals surface area contributed by atoms with E-state index in [2.05, 4.69) is 4.90 Å². The van der Waals surface area contributed by atoms with Crippen LogP contribution in [0.2, 0.25) is 0 Å². The highest BCUT2D eigenvalue weighted by Gasteiger charge is 2.22. The van der Waals surface area contributed by atoms with Gasteiger partial charge in [-0.25, -0.2) is 14.3 Å². The standard InChI is InChI=1S/C21H19N3O3/c25-20(26)15-8-9-17-16(12-15)22-21(23-10-4-1-5-11-23)24(17)19-13-14-6-2-3-7-18(14)27-19/h2-3,6-9,12-13H,1,4-5,10-11H2,(H,25,26). The lowest BCUT2D eigenvalue weighted by Crippen LogP contribution is -2.31. The van der Waals surface area contributed by atoms with Crippen molar-refractivity contribution in [2.45, 2.75) is 19.3 Å². The predicted octanol–water partition coefficient (Wildman–Crippen LogP) is 4.46. The second kappa shape index (κ2) is 6.16. The number of anilines is 1. The second-order valence-corrected chi connectivity index (χ2v) is 6.93. The molecule has 1 aliphatic rings. The molecule has 1 fully saturated rings. The van der Waals surface area contributed by atoms with Crippen LogP contribution in [0.3, 0.4) is 0 Å². The Bertz CT molecular complexity index is 1120. The molecule has 5 rings (SSSR count). The zero-order valence-corrected chi connectivity index (χ0v) is 14.8. The van der Waals surface area contributed by atoms with Gasteiger partial charge in [-0.15, -0.1) is 0 Å². The van der Waals surface area contributed by atoms with Crippen molar-refractivity contribution >= 4 is 33.9 Å². The van der Waals surface area contributed by atoms with Gasteiger partial charge >= 0.3 is 5.97 Å². The van der Waals surface area contributed by atoms with E-state index in [1.807, 2.05) is 41.0 Å². The number of carboxylic acid groups (broad SMARTS) is 1. The van der Waals surface area contributed by atoms with Crippen molar-refractivity contribution in [3.05, 3.63) is 54.1 Å². The van der Waals surface area contributed by atoms with Crippen molar-refractivity contribution in [2.75, 3.05) is 18.0 Å². The summed E-state index contributed by atoms with van der Waals surface area (Å²) in [5.74, 6) is 0.559. The molecule has 0 aliphatic carbocycles. The Morgan fingerprint density at radius 3 is 2.63 bits per heavy atom. The molecule has 6 heteroatoms. The highest BCUT2D eigenvalue weighted by atomic mass is 16.4. The molecule has 27 heavy (non-hydrogen) atoms. The van der Waals surface area contributed by atoms with Crippen LogP contribution in [-0.4, -0.2) is 33.7 Å². The van der Waals surface area contributed by atoms with E-state index in [0.717, 1.165) is 48.4 Å². The lowest BCUT2D eigenvalue weighted by Gasteiger charge is -2.27. The summed E-state index contributed by atoms with van der Waals surface area (Å²) in [5.41, 5.74) is 2.57. The van der Waals surface area contributed by atoms with E-state index in [1.165, 1.54) is 6.42 Å². The monoisotopic (exact) mass is 361 g/mol. The summed E-state index contributed by atoms with van der Waals surface area (Å²) in [6.07, 6.45) is 3.48. The molecule has 3 heterocycles. The number of aromatic carboxylic acids is 1. The number of benzene rings is 2. The minimum atomic E-state index is -0.949. The summed E-state index contributed by atoms with van der Waals surface area (Å²) >= 11 is 0. The fourth-order valence-corrected chi connectivity index (χ4v) is 3.80. The fraction of sp³-hybridized carbons (Fsp3) is 0.238. The van der Waals surface area contributed by atoms with Crippen LogP contribution in [0.25, 0.3) is 27.9 Å². The largest absolute Gasteiger partial charge is 0.478 e. The van der Waals surface area contributed by atoms with Gasteiger partial charge in [0, 0.05) is 24.5 Å². The molecule has 6 nitrogen and oxygen atoms in total. The first-order valence-corrected chi connectivity index (χ1v) is 9.20. The molecule has 0 spiro atoms. The number of nitrogens with zero attached hydrogens (tertiary/aromatic N) is 3. The van der Waals surface area contributed by atoms with Crippen molar-refractivity contribution in [1.29, 1.82) is 0 Å². The van der Waals surface area contributed by atoms with Gasteiger partial charge in [-0.3, -0.25) is 0 Å². The third kappa shape index (κ3) is 2.65. The summed E-state index contributed by atoms with van der Waals surface area (Å²) in [7, 11) is 0. The van der Waals surface area contributed by atoms with E-state index in [1.54, 1.807) is 12.1 Å². The van der Waals surface area contributed by atoms with Gasteiger partial charge in [0.25, 0.3) is 0 Å². The van der Waals surface area contributed by atoms with Crippen LogP contribution in [0.5, 0.6) is 0 Å². The van der Waals surface area contributed by atoms with Gasteiger partial charge in [0.1, 0.15) is 5.58 Å². The summed E-state index contributed by atoms with van der Waals surface area (Å²) in [5, 5.41) is 10.3. The van der Waals surface area contributed by atoms with E-state index in [9.17, 15) is 9.90 Å². The molecular weight excluding hydrogens is 342 g/mol. The topological polar surface area (TPSA) is 71.5 Å². The minimum Gasteiger partial charge on any atom is -0.478 e. The lowest BCUT2D eigenvalue weighted by atomic mass is 10.1. The Morgan fingerprint density at radius 2 is 1.85 bits per heavy atom. The summed E-state index contributed by atoms with van der Waals surface area (Å²) < 4.78 is 8.12. The molecule has 1 N–H and O–H groups in total. The number of imidazole rings is 1. The van der Waals surface area contributed by atoms with Crippen LogP contribution >= 0.6 is 0 Å². The van der Waals surface area contributed by atoms with Crippen molar-refractivity contribution in [3.8, 4) is 5.88 Å². The number of aromatic nitrogens is 2. The Labute approximate surface area is 155 Å². The number of rotatable bonds is 3. The van der Waals surface area contributed by atoms with Crippen molar-refractivity contribution in [3.63, 3.8) is 0 Å². The molecule has 1 aliphatic heterocycles. The number of carbonyl (C=O) groups is 1. The maximum absolute atomic E-state index is 11.4. The minimum absolute atomic E-state index is 0.238. The molecule has 0 saturated carbocycles. The van der Waals surface area contributed by atoms with Crippen LogP contribution in [0.4, 0.5) is 5.95 Å². The van der Waals surface area contributed by atoms with Crippen molar-refractivity contribution in [1.82, 2.24) is 9.55 Å². The SMILES string of the molecule is O=C(O)c1ccc2c(c1)nc(N1CCCCC1)n2-c1cc2ccccc2o1. The number of fused-ring (bicyclic) bond motifs is 2. The lowest BCUT2D eigenvalue weighted by molar-refractivity contribution is 0.0697. The van der Waals surface area contributed by atoms with Crippen LogP contribution in [-0.2, 0) is 0 Å². The Morgan fingerprint density at radius 1 is 1.04 bits per heavy atom. The summed E-state index contributed by atoms with van der Waals surface area (Å²) in [6, 6.07) is 15.0. The molecular formula is C21H19N3O3. The first-order chi connectivity index (χ1) is 13.2. The maximum Gasteiger partial charge on any atom is 0.335 e. The van der Waals surface area contributed by atoms with E-state index in [4.69, 9.17) is 9.40 Å². The molecule has 0 bridgehead atoms. The first kappa shape index (κ1) is 15.9. The normalized spacial score (nSPS) is 14.9. The summed E-state index contributed by atoms with van der Waals surface area (Å²) in [6.45, 7) is 1.88.